The highest BCUT2D eigenvalue weighted by Crippen LogP contribution is 2.72. The number of aliphatic hydroxyl groups is 4. The number of ether oxygens (including phenoxy) is 2. The molecule has 300 valence electrons. The zero-order chi connectivity index (χ0) is 38.7. The van der Waals surface area contributed by atoms with Crippen molar-refractivity contribution in [3.8, 4) is 0 Å². The van der Waals surface area contributed by atoms with Crippen molar-refractivity contribution < 1.29 is 95.2 Å². The molecule has 2 aliphatic rings. The van der Waals surface area contributed by atoms with Gasteiger partial charge in [-0.15, -0.1) is 0 Å². The molecule has 0 aliphatic carbocycles. The number of phosphoric acid groups is 4. The Balaban J connectivity index is 0.00000561. The van der Waals surface area contributed by atoms with Gasteiger partial charge in [-0.25, -0.2) is 48.2 Å². The number of hydrogen-bond acceptors (Lipinski definition) is 23. The van der Waals surface area contributed by atoms with Crippen molar-refractivity contribution in [1.82, 2.24) is 39.0 Å². The van der Waals surface area contributed by atoms with Crippen LogP contribution in [-0.4, -0.2) is 134 Å². The average molecular weight is 854 g/mol. The Labute approximate surface area is 298 Å². The number of anilines is 2. The van der Waals surface area contributed by atoms with Gasteiger partial charge in [-0.05, 0) is 0 Å². The lowest BCUT2D eigenvalue weighted by molar-refractivity contribution is -0.0607. The lowest BCUT2D eigenvalue weighted by Gasteiger charge is -2.24. The van der Waals surface area contributed by atoms with E-state index in [1.807, 2.05) is 0 Å². The Kier molecular flexibility index (Phi) is 12.1. The summed E-state index contributed by atoms with van der Waals surface area (Å²) >= 11 is 0. The zero-order valence-corrected chi connectivity index (χ0v) is 30.0. The zero-order valence-electron chi connectivity index (χ0n) is 26.4. The highest BCUT2D eigenvalue weighted by molar-refractivity contribution is 7.69. The van der Waals surface area contributed by atoms with Crippen LogP contribution >= 0.6 is 31.3 Å². The van der Waals surface area contributed by atoms with E-state index in [1.165, 1.54) is 0 Å². The number of nitrogen functional groups attached to an aromatic ring is 2. The van der Waals surface area contributed by atoms with Gasteiger partial charge in [0.25, 0.3) is 0 Å². The second kappa shape index (κ2) is 15.5. The molecule has 6 rings (SSSR count). The van der Waals surface area contributed by atoms with E-state index in [4.69, 9.17) is 39.8 Å². The summed E-state index contributed by atoms with van der Waals surface area (Å²) < 4.78 is 84.8. The summed E-state index contributed by atoms with van der Waals surface area (Å²) in [6, 6.07) is 0. The smallest absolute Gasteiger partial charge is 0.412 e. The molecule has 2 fully saturated rings. The van der Waals surface area contributed by atoms with Gasteiger partial charge in [-0.3, -0.25) is 18.2 Å². The first kappa shape index (κ1) is 42.1. The number of hydrogen-bond donors (Lipinski definition) is 10. The molecule has 0 bridgehead atoms. The second-order valence-electron chi connectivity index (χ2n) is 11.0. The van der Waals surface area contributed by atoms with Crippen LogP contribution in [0.4, 0.5) is 11.6 Å². The molecule has 0 spiro atoms. The molecule has 54 heavy (non-hydrogen) atoms. The molecule has 30 nitrogen and oxygen atoms in total. The SMILES string of the molecule is Nc1ncnc2c1ncn2[C@@H]1O[C@H](COP(=O)(OC[C@H]2O[C@@H](n3cnc4c(N)ncnc43)C(O)C2O)OP(=O)(O)OP(=O)(O)OP(=O)(O)O)C(O)C1O.O. The molecular formula is C20H30N10O20P4. The fourth-order valence-corrected chi connectivity index (χ4v) is 10.2. The molecule has 2 aliphatic heterocycles. The minimum atomic E-state index is -6.24. The molecule has 0 radical (unpaired) electrons. The highest BCUT2D eigenvalue weighted by Gasteiger charge is 2.51. The third-order valence-electron chi connectivity index (χ3n) is 7.41. The Morgan fingerprint density at radius 2 is 1.04 bits per heavy atom. The molecule has 4 aromatic heterocycles. The third-order valence-corrected chi connectivity index (χ3v) is 13.3. The molecule has 6 heterocycles. The maximum atomic E-state index is 13.8. The van der Waals surface area contributed by atoms with E-state index in [0.29, 0.717) is 0 Å². The Morgan fingerprint density at radius 1 is 0.630 bits per heavy atom. The van der Waals surface area contributed by atoms with Crippen LogP contribution in [-0.2, 0) is 49.7 Å². The Bertz CT molecular complexity index is 2070. The predicted octanol–water partition coefficient (Wildman–Crippen LogP) is -3.27. The molecule has 4 aromatic rings. The van der Waals surface area contributed by atoms with Crippen LogP contribution in [0.2, 0.25) is 0 Å². The summed E-state index contributed by atoms with van der Waals surface area (Å²) in [5, 5.41) is 42.9. The van der Waals surface area contributed by atoms with Gasteiger partial charge >= 0.3 is 31.3 Å². The van der Waals surface area contributed by atoms with Crippen molar-refractivity contribution in [2.24, 2.45) is 0 Å². The van der Waals surface area contributed by atoms with Crippen molar-refractivity contribution in [3.05, 3.63) is 25.3 Å². The minimum absolute atomic E-state index is 0. The van der Waals surface area contributed by atoms with E-state index in [9.17, 15) is 48.5 Å². The molecule has 2 saturated heterocycles. The number of aromatic nitrogens is 8. The summed E-state index contributed by atoms with van der Waals surface area (Å²) in [5.41, 5.74) is 11.9. The second-order valence-corrected chi connectivity index (χ2v) is 17.2. The fourth-order valence-electron chi connectivity index (χ4n) is 5.14. The summed E-state index contributed by atoms with van der Waals surface area (Å²) in [6.45, 7) is -2.24. The molecule has 10 atom stereocenters. The number of nitrogens with two attached hydrogens (primary N) is 2. The topological polar surface area (TPSA) is 465 Å². The minimum Gasteiger partial charge on any atom is -0.412 e. The van der Waals surface area contributed by atoms with Crippen LogP contribution in [0.15, 0.2) is 25.3 Å². The van der Waals surface area contributed by atoms with Crippen molar-refractivity contribution in [1.29, 1.82) is 0 Å². The standard InChI is InChI=1S/C20H28N10O19P4.H2O/c21-15-9-17(25-3-23-15)29(5-27-9)19-13(33)11(31)7(45-19)1-43-53(42,49-52(40,41)48-51(38,39)47-50(35,36)37)44-2-8-12(32)14(34)20(46-8)30-6-28-10-16(22)24-4-26-18(10)30;/h3-8,11-14,19-20,31-34H,1-2H2,(H,38,39)(H,40,41)(H2,21,23,25)(H2,22,24,26)(H2,35,36,37);1H2/t7-,8-,11?,12?,13?,14?,19-,20-,53?;/m1./s1. The largest absolute Gasteiger partial charge is 0.490 e. The lowest BCUT2D eigenvalue weighted by Crippen LogP contribution is -2.34. The average Bonchev–Trinajstić information content (AvgIpc) is 3.80. The number of nitrogens with zero attached hydrogens (tertiary/aromatic N) is 8. The first-order chi connectivity index (χ1) is 24.7. The van der Waals surface area contributed by atoms with Gasteiger partial charge in [0.15, 0.2) is 35.4 Å². The van der Waals surface area contributed by atoms with E-state index >= 15 is 0 Å². The van der Waals surface area contributed by atoms with Gasteiger partial charge < -0.3 is 66.4 Å². The molecule has 6 unspecified atom stereocenters. The van der Waals surface area contributed by atoms with Crippen LogP contribution in [0.25, 0.3) is 22.3 Å². The van der Waals surface area contributed by atoms with Gasteiger partial charge in [0.05, 0.1) is 25.9 Å². The third kappa shape index (κ3) is 8.83. The van der Waals surface area contributed by atoms with Crippen LogP contribution in [0.5, 0.6) is 0 Å². The Morgan fingerprint density at radius 3 is 1.44 bits per heavy atom. The molecule has 34 heteroatoms. The number of aliphatic hydroxyl groups excluding tert-OH is 4. The van der Waals surface area contributed by atoms with Crippen molar-refractivity contribution in [2.75, 3.05) is 24.7 Å². The molecule has 0 aromatic carbocycles. The monoisotopic (exact) mass is 854 g/mol. The molecule has 0 saturated carbocycles. The molecule has 14 N–H and O–H groups in total. The maximum absolute atomic E-state index is 13.8. The maximum Gasteiger partial charge on any atom is 0.490 e. The fraction of sp³-hybridized carbons (Fsp3) is 0.500. The number of rotatable bonds is 14. The molecule has 0 amide bonds. The summed E-state index contributed by atoms with van der Waals surface area (Å²) in [4.78, 5) is 60.9. The summed E-state index contributed by atoms with van der Waals surface area (Å²) in [6.07, 6.45) is -8.96. The van der Waals surface area contributed by atoms with E-state index in [2.05, 4.69) is 42.8 Å². The van der Waals surface area contributed by atoms with Gasteiger partial charge in [-0.1, -0.05) is 0 Å². The van der Waals surface area contributed by atoms with E-state index in [1.54, 1.807) is 0 Å². The van der Waals surface area contributed by atoms with Gasteiger partial charge in [0.2, 0.25) is 0 Å². The van der Waals surface area contributed by atoms with Crippen LogP contribution in [0.1, 0.15) is 12.5 Å². The van der Waals surface area contributed by atoms with E-state index in [0.717, 1.165) is 34.4 Å². The number of phosphoric ester groups is 1. The quantitative estimate of drug-likeness (QED) is 0.0556. The van der Waals surface area contributed by atoms with E-state index < -0.39 is 93.6 Å². The molecular weight excluding hydrogens is 824 g/mol. The normalized spacial score (nSPS) is 29.5. The predicted molar refractivity (Wildman–Crippen MR) is 169 cm³/mol. The van der Waals surface area contributed by atoms with Gasteiger partial charge in [0, 0.05) is 0 Å². The highest BCUT2D eigenvalue weighted by atomic mass is 31.3. The van der Waals surface area contributed by atoms with Crippen molar-refractivity contribution in [2.45, 2.75) is 49.1 Å². The Hall–Kier alpha value is -3.02. The van der Waals surface area contributed by atoms with Crippen LogP contribution < -0.4 is 11.5 Å². The number of imidazole rings is 2. The van der Waals surface area contributed by atoms with Crippen LogP contribution in [0, 0.1) is 0 Å². The first-order valence-corrected chi connectivity index (χ1v) is 20.3. The van der Waals surface area contributed by atoms with Gasteiger partial charge in [0.1, 0.15) is 60.3 Å². The van der Waals surface area contributed by atoms with Crippen LogP contribution in [0.3, 0.4) is 0 Å². The summed E-state index contributed by atoms with van der Waals surface area (Å²) in [5.74, 6) is -0.0585. The lowest BCUT2D eigenvalue weighted by atomic mass is 10.1. The number of fused-ring (bicyclic) bond motifs is 2. The van der Waals surface area contributed by atoms with Crippen molar-refractivity contribution >= 4 is 65.3 Å². The first-order valence-electron chi connectivity index (χ1n) is 14.3. The van der Waals surface area contributed by atoms with Gasteiger partial charge in [-0.2, -0.15) is 12.9 Å². The van der Waals surface area contributed by atoms with E-state index in [-0.39, 0.29) is 39.4 Å². The summed E-state index contributed by atoms with van der Waals surface area (Å²) in [7, 11) is -23.9. The van der Waals surface area contributed by atoms with Crippen molar-refractivity contribution in [3.63, 3.8) is 0 Å².